The molecule has 2 aromatic carbocycles. The van der Waals surface area contributed by atoms with Gasteiger partial charge in [-0.25, -0.2) is 17.8 Å². The predicted octanol–water partition coefficient (Wildman–Crippen LogP) is 5.37. The van der Waals surface area contributed by atoms with Crippen molar-refractivity contribution in [2.45, 2.75) is 19.4 Å². The lowest BCUT2D eigenvalue weighted by Crippen LogP contribution is -2.18. The minimum absolute atomic E-state index is 0.0660. The highest BCUT2D eigenvalue weighted by molar-refractivity contribution is 7.90. The highest BCUT2D eigenvalue weighted by Gasteiger charge is 2.26. The summed E-state index contributed by atoms with van der Waals surface area (Å²) in [5.41, 5.74) is 4.50. The number of pyridine rings is 1. The number of aryl methyl sites for hydroxylation is 1. The average Bonchev–Trinajstić information content (AvgIpc) is 3.50. The number of halogens is 2. The third-order valence-electron chi connectivity index (χ3n) is 6.33. The lowest BCUT2D eigenvalue weighted by atomic mass is 10.0. The smallest absolute Gasteiger partial charge is 0.165 e. The van der Waals surface area contributed by atoms with Gasteiger partial charge in [0.1, 0.15) is 27.1 Å². The second-order valence-corrected chi connectivity index (χ2v) is 11.8. The van der Waals surface area contributed by atoms with E-state index in [0.29, 0.717) is 27.9 Å². The molecule has 3 heterocycles. The number of nitrogens with zero attached hydrogens (tertiary/aromatic N) is 5. The molecule has 1 atom stereocenters. The fourth-order valence-electron chi connectivity index (χ4n) is 4.52. The third kappa shape index (κ3) is 5.27. The van der Waals surface area contributed by atoms with Crippen molar-refractivity contribution < 1.29 is 17.5 Å². The van der Waals surface area contributed by atoms with Gasteiger partial charge in [0.25, 0.3) is 0 Å². The average molecular weight is 554 g/mol. The maximum atomic E-state index is 13.7. The first-order chi connectivity index (χ1) is 18.1. The predicted molar refractivity (Wildman–Crippen MR) is 144 cm³/mol. The Hall–Kier alpha value is -3.76. The first-order valence-electron chi connectivity index (χ1n) is 11.8. The molecule has 1 aromatic heterocycles. The van der Waals surface area contributed by atoms with E-state index in [1.165, 1.54) is 18.4 Å². The third-order valence-corrected chi connectivity index (χ3v) is 7.51. The van der Waals surface area contributed by atoms with E-state index in [1.54, 1.807) is 37.8 Å². The number of ether oxygens (including phenoxy) is 1. The van der Waals surface area contributed by atoms with E-state index < -0.39 is 15.9 Å². The molecular formula is C27H25ClFN5O3S. The van der Waals surface area contributed by atoms with E-state index in [1.807, 2.05) is 40.5 Å². The van der Waals surface area contributed by atoms with Gasteiger partial charge in [-0.05, 0) is 49.2 Å². The van der Waals surface area contributed by atoms with Crippen LogP contribution in [-0.2, 0) is 9.84 Å². The summed E-state index contributed by atoms with van der Waals surface area (Å²) < 4.78 is 47.1. The molecule has 0 bridgehead atoms. The van der Waals surface area contributed by atoms with Gasteiger partial charge in [0.2, 0.25) is 0 Å². The van der Waals surface area contributed by atoms with Crippen molar-refractivity contribution in [3.63, 3.8) is 0 Å². The monoisotopic (exact) mass is 553 g/mol. The summed E-state index contributed by atoms with van der Waals surface area (Å²) in [6, 6.07) is 13.0. The van der Waals surface area contributed by atoms with Crippen molar-refractivity contribution in [1.82, 2.24) is 24.3 Å². The zero-order chi connectivity index (χ0) is 27.0. The number of imidazole rings is 1. The van der Waals surface area contributed by atoms with Crippen LogP contribution in [0.1, 0.15) is 23.7 Å². The standard InChI is InChI=1S/C27H25ClFN5O3S/c1-17-14-33(16-30-17)24-9-6-19(12-25(24)37-2)26-22-13-20(28)15-34(27(22)32-31-26)23(10-11-38(3,35)36)18-4-7-21(29)8-5-18/h4-9,12-16,23H,10-11H2,1-3H3. The normalized spacial score (nSPS) is 12.7. The molecule has 2 aliphatic heterocycles. The Labute approximate surface area is 225 Å². The van der Waals surface area contributed by atoms with Crippen LogP contribution in [0.4, 0.5) is 4.39 Å². The molecule has 0 saturated carbocycles. The first-order valence-corrected chi connectivity index (χ1v) is 14.2. The number of benzene rings is 2. The molecular weight excluding hydrogens is 529 g/mol. The van der Waals surface area contributed by atoms with Gasteiger partial charge in [-0.1, -0.05) is 29.8 Å². The van der Waals surface area contributed by atoms with Crippen LogP contribution in [0.3, 0.4) is 0 Å². The molecule has 1 unspecified atom stereocenters. The molecule has 0 amide bonds. The fraction of sp³-hybridized carbons (Fsp3) is 0.222. The van der Waals surface area contributed by atoms with Crippen molar-refractivity contribution in [3.05, 3.63) is 89.3 Å². The van der Waals surface area contributed by atoms with Crippen molar-refractivity contribution in [2.75, 3.05) is 19.1 Å². The number of fused-ring (bicyclic) bond motifs is 1. The lowest BCUT2D eigenvalue weighted by molar-refractivity contribution is 0.413. The molecule has 38 heavy (non-hydrogen) atoms. The Bertz CT molecular complexity index is 1680. The van der Waals surface area contributed by atoms with Gasteiger partial charge < -0.3 is 13.9 Å². The number of hydrogen-bond acceptors (Lipinski definition) is 6. The Kier molecular flexibility index (Phi) is 6.93. The zero-order valence-electron chi connectivity index (χ0n) is 21.0. The molecule has 11 heteroatoms. The maximum absolute atomic E-state index is 13.7. The van der Waals surface area contributed by atoms with Crippen LogP contribution in [-0.4, -0.2) is 51.9 Å². The van der Waals surface area contributed by atoms with Crippen LogP contribution in [0, 0.1) is 12.7 Å². The van der Waals surface area contributed by atoms with Gasteiger partial charge in [-0.15, -0.1) is 10.2 Å². The number of rotatable bonds is 8. The van der Waals surface area contributed by atoms with Crippen molar-refractivity contribution in [1.29, 1.82) is 0 Å². The quantitative estimate of drug-likeness (QED) is 0.256. The van der Waals surface area contributed by atoms with Gasteiger partial charge in [-0.2, -0.15) is 0 Å². The minimum atomic E-state index is -3.25. The van der Waals surface area contributed by atoms with Crippen LogP contribution in [0.2, 0.25) is 5.02 Å². The summed E-state index contributed by atoms with van der Waals surface area (Å²) in [5.74, 6) is 0.711. The Balaban J connectivity index is 1.59. The number of hydrogen-bond donors (Lipinski definition) is 0. The molecule has 0 fully saturated rings. The van der Waals surface area contributed by atoms with E-state index in [-0.39, 0.29) is 18.0 Å². The van der Waals surface area contributed by atoms with Gasteiger partial charge in [0, 0.05) is 29.8 Å². The Morgan fingerprint density at radius 3 is 2.50 bits per heavy atom. The summed E-state index contributed by atoms with van der Waals surface area (Å²) in [6.45, 7) is 1.91. The molecule has 0 radical (unpaired) electrons. The van der Waals surface area contributed by atoms with Crippen LogP contribution >= 0.6 is 11.6 Å². The van der Waals surface area contributed by atoms with Crippen LogP contribution in [0.25, 0.3) is 28.3 Å². The number of sulfone groups is 1. The van der Waals surface area contributed by atoms with Crippen molar-refractivity contribution >= 4 is 21.4 Å². The van der Waals surface area contributed by atoms with Crippen molar-refractivity contribution in [2.24, 2.45) is 0 Å². The number of aromatic nitrogens is 5. The zero-order valence-corrected chi connectivity index (χ0v) is 22.5. The molecule has 196 valence electrons. The van der Waals surface area contributed by atoms with Gasteiger partial charge in [0.15, 0.2) is 5.82 Å². The van der Waals surface area contributed by atoms with E-state index in [0.717, 1.165) is 22.5 Å². The molecule has 0 spiro atoms. The first kappa shape index (κ1) is 25.9. The fourth-order valence-corrected chi connectivity index (χ4v) is 5.39. The van der Waals surface area contributed by atoms with Gasteiger partial charge in [-0.3, -0.25) is 0 Å². The van der Waals surface area contributed by atoms with Crippen molar-refractivity contribution in [3.8, 4) is 34.1 Å². The van der Waals surface area contributed by atoms with Crippen LogP contribution in [0.15, 0.2) is 67.3 Å². The molecule has 3 aromatic rings. The summed E-state index contributed by atoms with van der Waals surface area (Å²) in [7, 11) is -1.66. The molecule has 0 N–H and O–H groups in total. The van der Waals surface area contributed by atoms with Crippen LogP contribution < -0.4 is 4.74 Å². The second-order valence-electron chi connectivity index (χ2n) is 9.15. The van der Waals surface area contributed by atoms with E-state index in [2.05, 4.69) is 15.2 Å². The molecule has 8 nitrogen and oxygen atoms in total. The summed E-state index contributed by atoms with van der Waals surface area (Å²) in [5, 5.41) is 9.35. The second kappa shape index (κ2) is 10.2. The Morgan fingerprint density at radius 1 is 1.08 bits per heavy atom. The molecule has 0 saturated heterocycles. The summed E-state index contributed by atoms with van der Waals surface area (Å²) >= 11 is 6.56. The van der Waals surface area contributed by atoms with E-state index in [9.17, 15) is 12.8 Å². The molecule has 0 aliphatic carbocycles. The van der Waals surface area contributed by atoms with Crippen LogP contribution in [0.5, 0.6) is 5.75 Å². The highest BCUT2D eigenvalue weighted by Crippen LogP contribution is 2.39. The Morgan fingerprint density at radius 2 is 1.84 bits per heavy atom. The van der Waals surface area contributed by atoms with E-state index >= 15 is 0 Å². The topological polar surface area (TPSA) is 91.9 Å². The van der Waals surface area contributed by atoms with Gasteiger partial charge in [0.05, 0.1) is 41.6 Å². The highest BCUT2D eigenvalue weighted by atomic mass is 35.5. The molecule has 2 aliphatic rings. The number of methoxy groups -OCH3 is 1. The van der Waals surface area contributed by atoms with E-state index in [4.69, 9.17) is 16.3 Å². The van der Waals surface area contributed by atoms with Gasteiger partial charge >= 0.3 is 0 Å². The maximum Gasteiger partial charge on any atom is 0.165 e. The summed E-state index contributed by atoms with van der Waals surface area (Å²) in [4.78, 5) is 4.29. The largest absolute Gasteiger partial charge is 0.495 e. The minimum Gasteiger partial charge on any atom is -0.495 e. The lowest BCUT2D eigenvalue weighted by Gasteiger charge is -2.24. The summed E-state index contributed by atoms with van der Waals surface area (Å²) in [6.07, 6.45) is 6.77. The SMILES string of the molecule is COc1cc(-c2nnc3n(C(CCS(C)(=O)=O)c4ccc(F)cc4)cc(Cl)cc2-3)ccc1-n1cnc(C)c1. The molecule has 5 rings (SSSR count).